The van der Waals surface area contributed by atoms with E-state index in [-0.39, 0.29) is 22.8 Å². The van der Waals surface area contributed by atoms with Crippen molar-refractivity contribution in [2.45, 2.75) is 21.2 Å². The fourth-order valence-electron chi connectivity index (χ4n) is 3.35. The van der Waals surface area contributed by atoms with E-state index >= 15 is 0 Å². The standard InChI is InChI=1S/C27H24N2O4S2/c1-33-24-17-16-21(18-26(24)35(31,32)28-19-20-10-4-2-5-11-20)27(30)29-23-14-8-9-15-25(23)34-22-12-6-3-7-13-22/h2-18,28H,19H2,1H3,(H,29,30). The van der Waals surface area contributed by atoms with Gasteiger partial charge in [-0.05, 0) is 48.0 Å². The number of rotatable bonds is 9. The Morgan fingerprint density at radius 2 is 1.51 bits per heavy atom. The number of sulfonamides is 1. The van der Waals surface area contributed by atoms with Gasteiger partial charge in [0.2, 0.25) is 10.0 Å². The van der Waals surface area contributed by atoms with Crippen molar-refractivity contribution in [3.05, 3.63) is 114 Å². The van der Waals surface area contributed by atoms with Crippen LogP contribution < -0.4 is 14.8 Å². The Morgan fingerprint density at radius 3 is 2.23 bits per heavy atom. The number of hydrogen-bond donors (Lipinski definition) is 2. The quantitative estimate of drug-likeness (QED) is 0.311. The second-order valence-corrected chi connectivity index (χ2v) is 10.4. The number of hydrogen-bond acceptors (Lipinski definition) is 5. The monoisotopic (exact) mass is 504 g/mol. The highest BCUT2D eigenvalue weighted by Crippen LogP contribution is 2.33. The number of benzene rings is 4. The summed E-state index contributed by atoms with van der Waals surface area (Å²) in [6.45, 7) is 0.118. The van der Waals surface area contributed by atoms with Crippen molar-refractivity contribution in [3.8, 4) is 5.75 Å². The number of carbonyl (C=O) groups is 1. The molecule has 0 atom stereocenters. The van der Waals surface area contributed by atoms with Crippen molar-refractivity contribution in [1.29, 1.82) is 0 Å². The molecule has 35 heavy (non-hydrogen) atoms. The van der Waals surface area contributed by atoms with E-state index < -0.39 is 15.9 Å². The summed E-state index contributed by atoms with van der Waals surface area (Å²) in [5, 5.41) is 2.91. The number of carbonyl (C=O) groups excluding carboxylic acids is 1. The zero-order valence-electron chi connectivity index (χ0n) is 19.0. The molecule has 6 nitrogen and oxygen atoms in total. The first-order chi connectivity index (χ1) is 17.0. The van der Waals surface area contributed by atoms with Crippen LogP contribution in [0.1, 0.15) is 15.9 Å². The third-order valence-electron chi connectivity index (χ3n) is 5.13. The summed E-state index contributed by atoms with van der Waals surface area (Å²) in [6.07, 6.45) is 0. The molecule has 0 saturated carbocycles. The maximum Gasteiger partial charge on any atom is 0.255 e. The smallest absolute Gasteiger partial charge is 0.255 e. The maximum absolute atomic E-state index is 13.1. The van der Waals surface area contributed by atoms with Gasteiger partial charge in [-0.3, -0.25) is 4.79 Å². The molecule has 0 spiro atoms. The first kappa shape index (κ1) is 24.5. The largest absolute Gasteiger partial charge is 0.495 e. The molecule has 0 heterocycles. The number of amides is 1. The Labute approximate surface area is 209 Å². The minimum absolute atomic E-state index is 0.101. The first-order valence-corrected chi connectivity index (χ1v) is 13.1. The van der Waals surface area contributed by atoms with Crippen LogP contribution in [-0.2, 0) is 16.6 Å². The summed E-state index contributed by atoms with van der Waals surface area (Å²) in [4.78, 5) is 14.9. The van der Waals surface area contributed by atoms with Crippen LogP contribution in [-0.4, -0.2) is 21.4 Å². The normalized spacial score (nSPS) is 11.1. The fourth-order valence-corrected chi connectivity index (χ4v) is 5.48. The van der Waals surface area contributed by atoms with E-state index in [1.54, 1.807) is 0 Å². The van der Waals surface area contributed by atoms with Crippen LogP contribution in [0.4, 0.5) is 5.69 Å². The molecular weight excluding hydrogens is 480 g/mol. The van der Waals surface area contributed by atoms with Crippen LogP contribution in [0.2, 0.25) is 0 Å². The highest BCUT2D eigenvalue weighted by molar-refractivity contribution is 7.99. The summed E-state index contributed by atoms with van der Waals surface area (Å²) in [5.74, 6) is -0.268. The van der Waals surface area contributed by atoms with Gasteiger partial charge in [-0.2, -0.15) is 0 Å². The van der Waals surface area contributed by atoms with E-state index in [2.05, 4.69) is 10.0 Å². The fraction of sp³-hybridized carbons (Fsp3) is 0.0741. The molecule has 0 aliphatic heterocycles. The third kappa shape index (κ3) is 6.30. The van der Waals surface area contributed by atoms with Crippen LogP contribution in [0.3, 0.4) is 0 Å². The Hall–Kier alpha value is -3.59. The van der Waals surface area contributed by atoms with E-state index in [1.807, 2.05) is 84.9 Å². The van der Waals surface area contributed by atoms with Crippen LogP contribution in [0.25, 0.3) is 0 Å². The van der Waals surface area contributed by atoms with E-state index in [0.29, 0.717) is 5.69 Å². The molecular formula is C27H24N2O4S2. The summed E-state index contributed by atoms with van der Waals surface area (Å²) in [5.41, 5.74) is 1.65. The van der Waals surface area contributed by atoms with Gasteiger partial charge in [0.05, 0.1) is 12.8 Å². The topological polar surface area (TPSA) is 84.5 Å². The van der Waals surface area contributed by atoms with Crippen molar-refractivity contribution in [2.75, 3.05) is 12.4 Å². The van der Waals surface area contributed by atoms with Gasteiger partial charge < -0.3 is 10.1 Å². The van der Waals surface area contributed by atoms with Crippen LogP contribution in [0.5, 0.6) is 5.75 Å². The van der Waals surface area contributed by atoms with Crippen molar-refractivity contribution >= 4 is 33.4 Å². The molecule has 2 N–H and O–H groups in total. The summed E-state index contributed by atoms with van der Waals surface area (Å²) in [7, 11) is -2.55. The second-order valence-electron chi connectivity index (χ2n) is 7.54. The number of nitrogens with one attached hydrogen (secondary N) is 2. The predicted octanol–water partition coefficient (Wildman–Crippen LogP) is 5.58. The average molecular weight is 505 g/mol. The van der Waals surface area contributed by atoms with E-state index in [0.717, 1.165) is 15.4 Å². The average Bonchev–Trinajstić information content (AvgIpc) is 2.89. The van der Waals surface area contributed by atoms with Crippen molar-refractivity contribution < 1.29 is 17.9 Å². The predicted molar refractivity (Wildman–Crippen MR) is 138 cm³/mol. The maximum atomic E-state index is 13.1. The van der Waals surface area contributed by atoms with Gasteiger partial charge in [-0.15, -0.1) is 0 Å². The minimum Gasteiger partial charge on any atom is -0.495 e. The Balaban J connectivity index is 1.56. The lowest BCUT2D eigenvalue weighted by molar-refractivity contribution is 0.102. The van der Waals surface area contributed by atoms with Gasteiger partial charge >= 0.3 is 0 Å². The van der Waals surface area contributed by atoms with Crippen molar-refractivity contribution in [1.82, 2.24) is 4.72 Å². The number of ether oxygens (including phenoxy) is 1. The Morgan fingerprint density at radius 1 is 0.857 bits per heavy atom. The van der Waals surface area contributed by atoms with E-state index in [9.17, 15) is 13.2 Å². The molecule has 0 aromatic heterocycles. The number of para-hydroxylation sites is 1. The minimum atomic E-state index is -3.94. The van der Waals surface area contributed by atoms with Crippen LogP contribution in [0, 0.1) is 0 Å². The molecule has 4 aromatic rings. The second kappa shape index (κ2) is 11.2. The number of methoxy groups -OCH3 is 1. The molecule has 0 aliphatic carbocycles. The molecule has 4 aromatic carbocycles. The lowest BCUT2D eigenvalue weighted by Crippen LogP contribution is -2.24. The molecule has 178 valence electrons. The zero-order chi connectivity index (χ0) is 24.7. The zero-order valence-corrected chi connectivity index (χ0v) is 20.6. The van der Waals surface area contributed by atoms with E-state index in [4.69, 9.17) is 4.74 Å². The lowest BCUT2D eigenvalue weighted by atomic mass is 10.2. The lowest BCUT2D eigenvalue weighted by Gasteiger charge is -2.14. The molecule has 0 saturated heterocycles. The SMILES string of the molecule is COc1ccc(C(=O)Nc2ccccc2Sc2ccccc2)cc1S(=O)(=O)NCc1ccccc1. The first-order valence-electron chi connectivity index (χ1n) is 10.8. The molecule has 0 radical (unpaired) electrons. The molecule has 0 unspecified atom stereocenters. The van der Waals surface area contributed by atoms with Crippen LogP contribution in [0.15, 0.2) is 118 Å². The summed E-state index contributed by atoms with van der Waals surface area (Å²) < 4.78 is 33.9. The van der Waals surface area contributed by atoms with Crippen LogP contribution >= 0.6 is 11.8 Å². The van der Waals surface area contributed by atoms with Gasteiger partial charge in [-0.25, -0.2) is 13.1 Å². The highest BCUT2D eigenvalue weighted by atomic mass is 32.2. The van der Waals surface area contributed by atoms with Gasteiger partial charge in [0.25, 0.3) is 5.91 Å². The molecule has 0 fully saturated rings. The van der Waals surface area contributed by atoms with Crippen molar-refractivity contribution in [2.24, 2.45) is 0 Å². The molecule has 4 rings (SSSR count). The molecule has 0 bridgehead atoms. The van der Waals surface area contributed by atoms with Crippen molar-refractivity contribution in [3.63, 3.8) is 0 Å². The van der Waals surface area contributed by atoms with Gasteiger partial charge in [-0.1, -0.05) is 72.4 Å². The third-order valence-corrected chi connectivity index (χ3v) is 7.64. The van der Waals surface area contributed by atoms with Gasteiger partial charge in [0.1, 0.15) is 10.6 Å². The summed E-state index contributed by atoms with van der Waals surface area (Å²) in [6, 6.07) is 30.8. The summed E-state index contributed by atoms with van der Waals surface area (Å²) >= 11 is 1.53. The highest BCUT2D eigenvalue weighted by Gasteiger charge is 2.22. The van der Waals surface area contributed by atoms with Gasteiger partial charge in [0, 0.05) is 21.9 Å². The van der Waals surface area contributed by atoms with Gasteiger partial charge in [0.15, 0.2) is 0 Å². The van der Waals surface area contributed by atoms with E-state index in [1.165, 1.54) is 37.1 Å². The Kier molecular flexibility index (Phi) is 7.87. The Bertz CT molecular complexity index is 1410. The molecule has 0 aliphatic rings. The molecule has 1 amide bonds. The number of anilines is 1. The molecule has 8 heteroatoms.